The van der Waals surface area contributed by atoms with Crippen molar-refractivity contribution in [3.63, 3.8) is 0 Å². The number of aryl methyl sites for hydroxylation is 1. The van der Waals surface area contributed by atoms with Gasteiger partial charge in [0.2, 0.25) is 0 Å². The first-order chi connectivity index (χ1) is 15.5. The zero-order valence-electron chi connectivity index (χ0n) is 17.0. The molecule has 0 aliphatic carbocycles. The molecule has 33 heavy (non-hydrogen) atoms. The van der Waals surface area contributed by atoms with E-state index in [4.69, 9.17) is 0 Å². The van der Waals surface area contributed by atoms with Crippen molar-refractivity contribution in [1.82, 2.24) is 0 Å². The third kappa shape index (κ3) is 5.71. The highest BCUT2D eigenvalue weighted by Crippen LogP contribution is 2.36. The van der Waals surface area contributed by atoms with Gasteiger partial charge in [0.15, 0.2) is 23.2 Å². The standard InChI is InChI=1S/C24H16F8O/c1-2-3-13-4-6-14(7-5-13)16-11-18(26)21(19(27)12-16)23(29)22(28)15-8-9-20(17(25)10-15)33-24(30,31)32/h4-12H,2-3H2,1H3. The van der Waals surface area contributed by atoms with Crippen molar-refractivity contribution in [2.45, 2.75) is 26.1 Å². The molecular formula is C24H16F8O. The molecule has 0 amide bonds. The summed E-state index contributed by atoms with van der Waals surface area (Å²) < 4.78 is 112. The zero-order chi connectivity index (χ0) is 24.3. The predicted molar refractivity (Wildman–Crippen MR) is 108 cm³/mol. The average molecular weight is 472 g/mol. The van der Waals surface area contributed by atoms with Crippen molar-refractivity contribution in [3.8, 4) is 16.9 Å². The van der Waals surface area contributed by atoms with Crippen LogP contribution in [0.4, 0.5) is 35.1 Å². The van der Waals surface area contributed by atoms with Crippen molar-refractivity contribution in [2.24, 2.45) is 0 Å². The van der Waals surface area contributed by atoms with Crippen molar-refractivity contribution in [3.05, 3.63) is 88.7 Å². The topological polar surface area (TPSA) is 9.23 Å². The number of alkyl halides is 3. The van der Waals surface area contributed by atoms with Crippen LogP contribution in [0.1, 0.15) is 30.0 Å². The minimum absolute atomic E-state index is 0.0877. The number of benzene rings is 3. The number of rotatable bonds is 6. The Morgan fingerprint density at radius 1 is 0.758 bits per heavy atom. The molecule has 0 aromatic heterocycles. The molecule has 0 heterocycles. The van der Waals surface area contributed by atoms with Gasteiger partial charge in [0.25, 0.3) is 0 Å². The SMILES string of the molecule is CCCc1ccc(-c2cc(F)c(C(F)=C(F)c3ccc(OC(F)(F)F)c(F)c3)c(F)c2)cc1. The fourth-order valence-electron chi connectivity index (χ4n) is 3.18. The third-order valence-corrected chi connectivity index (χ3v) is 4.69. The maximum absolute atomic E-state index is 14.6. The van der Waals surface area contributed by atoms with Crippen molar-refractivity contribution < 1.29 is 39.9 Å². The molecule has 3 rings (SSSR count). The summed E-state index contributed by atoms with van der Waals surface area (Å²) in [6, 6.07) is 9.70. The Balaban J connectivity index is 1.96. The van der Waals surface area contributed by atoms with Gasteiger partial charge >= 0.3 is 6.36 Å². The maximum Gasteiger partial charge on any atom is 0.573 e. The van der Waals surface area contributed by atoms with E-state index >= 15 is 0 Å². The lowest BCUT2D eigenvalue weighted by molar-refractivity contribution is -0.275. The molecule has 0 fully saturated rings. The highest BCUT2D eigenvalue weighted by atomic mass is 19.4. The second-order valence-electron chi connectivity index (χ2n) is 7.08. The van der Waals surface area contributed by atoms with Crippen LogP contribution in [0.3, 0.4) is 0 Å². The van der Waals surface area contributed by atoms with Gasteiger partial charge in [0.1, 0.15) is 11.6 Å². The molecule has 0 N–H and O–H groups in total. The number of ether oxygens (including phenoxy) is 1. The molecule has 0 saturated carbocycles. The van der Waals surface area contributed by atoms with E-state index in [-0.39, 0.29) is 11.6 Å². The summed E-state index contributed by atoms with van der Waals surface area (Å²) in [5.74, 6) is -9.57. The van der Waals surface area contributed by atoms with Crippen LogP contribution >= 0.6 is 0 Å². The Bertz CT molecular complexity index is 1160. The Kier molecular flexibility index (Phi) is 7.09. The van der Waals surface area contributed by atoms with Gasteiger partial charge < -0.3 is 4.74 Å². The van der Waals surface area contributed by atoms with Crippen LogP contribution in [0.2, 0.25) is 0 Å². The summed E-state index contributed by atoms with van der Waals surface area (Å²) in [7, 11) is 0. The molecule has 3 aromatic carbocycles. The van der Waals surface area contributed by atoms with Crippen molar-refractivity contribution >= 4 is 11.7 Å². The second-order valence-corrected chi connectivity index (χ2v) is 7.08. The highest BCUT2D eigenvalue weighted by molar-refractivity contribution is 5.84. The minimum atomic E-state index is -5.20. The molecule has 3 aromatic rings. The largest absolute Gasteiger partial charge is 0.573 e. The van der Waals surface area contributed by atoms with Crippen LogP contribution in [0.25, 0.3) is 22.8 Å². The summed E-state index contributed by atoms with van der Waals surface area (Å²) >= 11 is 0. The van der Waals surface area contributed by atoms with E-state index in [0.717, 1.165) is 30.5 Å². The fraction of sp³-hybridized carbons (Fsp3) is 0.167. The smallest absolute Gasteiger partial charge is 0.403 e. The van der Waals surface area contributed by atoms with Crippen molar-refractivity contribution in [2.75, 3.05) is 0 Å². The van der Waals surface area contributed by atoms with Crippen LogP contribution in [0.15, 0.2) is 54.6 Å². The summed E-state index contributed by atoms with van der Waals surface area (Å²) in [6.07, 6.45) is -3.47. The molecule has 0 radical (unpaired) electrons. The normalized spacial score (nSPS) is 12.5. The van der Waals surface area contributed by atoms with Gasteiger partial charge in [-0.15, -0.1) is 13.2 Å². The van der Waals surface area contributed by atoms with Crippen LogP contribution in [0.5, 0.6) is 5.75 Å². The van der Waals surface area contributed by atoms with Crippen LogP contribution < -0.4 is 4.74 Å². The van der Waals surface area contributed by atoms with E-state index in [2.05, 4.69) is 4.74 Å². The average Bonchev–Trinajstić information content (AvgIpc) is 2.74. The van der Waals surface area contributed by atoms with Gasteiger partial charge in [-0.1, -0.05) is 37.6 Å². The molecule has 0 aliphatic rings. The van der Waals surface area contributed by atoms with E-state index in [1.165, 1.54) is 0 Å². The zero-order valence-corrected chi connectivity index (χ0v) is 17.0. The van der Waals surface area contributed by atoms with Gasteiger partial charge in [-0.25, -0.2) is 22.0 Å². The fourth-order valence-corrected chi connectivity index (χ4v) is 3.18. The van der Waals surface area contributed by atoms with Crippen LogP contribution in [-0.2, 0) is 6.42 Å². The number of hydrogen-bond donors (Lipinski definition) is 0. The Labute approximate surface area is 183 Å². The minimum Gasteiger partial charge on any atom is -0.403 e. The number of halogens is 8. The lowest BCUT2D eigenvalue weighted by Crippen LogP contribution is -2.17. The summed E-state index contributed by atoms with van der Waals surface area (Å²) in [6.45, 7) is 2.00. The monoisotopic (exact) mass is 472 g/mol. The molecule has 0 aliphatic heterocycles. The molecule has 0 atom stereocenters. The number of hydrogen-bond acceptors (Lipinski definition) is 1. The Morgan fingerprint density at radius 3 is 1.88 bits per heavy atom. The van der Waals surface area contributed by atoms with E-state index in [9.17, 15) is 35.1 Å². The molecular weight excluding hydrogens is 456 g/mol. The quantitative estimate of drug-likeness (QED) is 0.259. The first kappa shape index (κ1) is 24.3. The predicted octanol–water partition coefficient (Wildman–Crippen LogP) is 8.39. The van der Waals surface area contributed by atoms with Crippen molar-refractivity contribution in [1.29, 1.82) is 0 Å². The molecule has 0 spiro atoms. The molecule has 0 saturated heterocycles. The first-order valence-corrected chi connectivity index (χ1v) is 9.69. The van der Waals surface area contributed by atoms with Crippen LogP contribution in [0, 0.1) is 17.5 Å². The highest BCUT2D eigenvalue weighted by Gasteiger charge is 2.32. The molecule has 174 valence electrons. The molecule has 9 heteroatoms. The first-order valence-electron chi connectivity index (χ1n) is 9.69. The molecule has 1 nitrogen and oxygen atoms in total. The lowest BCUT2D eigenvalue weighted by atomic mass is 9.99. The van der Waals surface area contributed by atoms with Gasteiger partial charge in [-0.2, -0.15) is 0 Å². The van der Waals surface area contributed by atoms with E-state index < -0.39 is 52.3 Å². The Morgan fingerprint density at radius 2 is 1.36 bits per heavy atom. The summed E-state index contributed by atoms with van der Waals surface area (Å²) in [5, 5.41) is 0. The molecule has 0 bridgehead atoms. The van der Waals surface area contributed by atoms with E-state index in [1.54, 1.807) is 24.3 Å². The van der Waals surface area contributed by atoms with E-state index in [0.29, 0.717) is 17.7 Å². The maximum atomic E-state index is 14.6. The van der Waals surface area contributed by atoms with Gasteiger partial charge in [0.05, 0.1) is 5.56 Å². The van der Waals surface area contributed by atoms with Gasteiger partial charge in [-0.05, 0) is 53.4 Å². The second kappa shape index (κ2) is 9.64. The lowest BCUT2D eigenvalue weighted by Gasteiger charge is -2.11. The van der Waals surface area contributed by atoms with Gasteiger partial charge in [0, 0.05) is 5.56 Å². The molecule has 0 unspecified atom stereocenters. The summed E-state index contributed by atoms with van der Waals surface area (Å²) in [4.78, 5) is 0. The van der Waals surface area contributed by atoms with Gasteiger partial charge in [-0.3, -0.25) is 0 Å². The van der Waals surface area contributed by atoms with Crippen LogP contribution in [-0.4, -0.2) is 6.36 Å². The third-order valence-electron chi connectivity index (χ3n) is 4.69. The van der Waals surface area contributed by atoms with E-state index in [1.807, 2.05) is 6.92 Å². The Hall–Kier alpha value is -3.36. The summed E-state index contributed by atoms with van der Waals surface area (Å²) in [5.41, 5.74) is -0.631.